The number of amides is 7. The molecule has 7 amide bonds. The van der Waals surface area contributed by atoms with Gasteiger partial charge in [0, 0.05) is 74.2 Å². The number of aromatic amines is 2. The van der Waals surface area contributed by atoms with E-state index in [1.165, 1.54) is 12.5 Å². The third-order valence-corrected chi connectivity index (χ3v) is 10.6. The number of imidazole rings is 1. The van der Waals surface area contributed by atoms with Gasteiger partial charge in [0.15, 0.2) is 5.96 Å². The molecule has 5 rings (SSSR count). The van der Waals surface area contributed by atoms with Gasteiger partial charge >= 0.3 is 0 Å². The van der Waals surface area contributed by atoms with Crippen molar-refractivity contribution in [3.05, 3.63) is 90.1 Å². The highest BCUT2D eigenvalue weighted by atomic mass is 16.2. The van der Waals surface area contributed by atoms with Gasteiger partial charge in [0.25, 0.3) is 0 Å². The fourth-order valence-corrected chi connectivity index (χ4v) is 7.23. The van der Waals surface area contributed by atoms with Crippen molar-refractivity contribution in [2.24, 2.45) is 22.2 Å². The fourth-order valence-electron chi connectivity index (χ4n) is 7.23. The van der Waals surface area contributed by atoms with Crippen LogP contribution < -0.4 is 49.1 Å². The molecule has 2 aromatic heterocycles. The maximum absolute atomic E-state index is 14.4. The molecule has 1 aliphatic heterocycles. The molecule has 336 valence electrons. The molecule has 20 heteroatoms. The smallest absolute Gasteiger partial charge is 0.243 e. The largest absolute Gasteiger partial charge is 0.370 e. The van der Waals surface area contributed by atoms with Crippen LogP contribution in [0.1, 0.15) is 68.2 Å². The summed E-state index contributed by atoms with van der Waals surface area (Å²) in [5, 5.41) is 17.4. The monoisotopic (exact) mass is 867 g/mol. The average Bonchev–Trinajstić information content (AvgIpc) is 3.93. The van der Waals surface area contributed by atoms with Crippen LogP contribution in [-0.4, -0.2) is 106 Å². The first-order valence-electron chi connectivity index (χ1n) is 21.0. The number of guanidine groups is 1. The lowest BCUT2D eigenvalue weighted by Gasteiger charge is -2.27. The number of rotatable bonds is 11. The van der Waals surface area contributed by atoms with Gasteiger partial charge in [-0.15, -0.1) is 0 Å². The van der Waals surface area contributed by atoms with Crippen LogP contribution in [0.5, 0.6) is 0 Å². The summed E-state index contributed by atoms with van der Waals surface area (Å²) in [6.45, 7) is 0.390. The lowest BCUT2D eigenvalue weighted by atomic mass is 10.0. The molecule has 0 spiro atoms. The van der Waals surface area contributed by atoms with Crippen LogP contribution in [0.15, 0.2) is 78.3 Å². The van der Waals surface area contributed by atoms with Gasteiger partial charge < -0.3 is 59.1 Å². The van der Waals surface area contributed by atoms with E-state index >= 15 is 0 Å². The van der Waals surface area contributed by atoms with Crippen molar-refractivity contribution in [2.75, 3.05) is 13.1 Å². The van der Waals surface area contributed by atoms with Gasteiger partial charge in [-0.1, -0.05) is 48.5 Å². The summed E-state index contributed by atoms with van der Waals surface area (Å²) in [6.07, 6.45) is 6.10. The topological polar surface area (TPSA) is 327 Å². The molecule has 0 radical (unpaired) electrons. The zero-order chi connectivity index (χ0) is 45.1. The van der Waals surface area contributed by atoms with Crippen LogP contribution in [0.25, 0.3) is 10.9 Å². The van der Waals surface area contributed by atoms with Gasteiger partial charge in [0.05, 0.1) is 6.33 Å². The number of para-hydroxylation sites is 1. The third kappa shape index (κ3) is 15.0. The maximum atomic E-state index is 14.4. The van der Waals surface area contributed by atoms with Crippen molar-refractivity contribution in [1.82, 2.24) is 46.9 Å². The molecule has 0 saturated carbocycles. The fraction of sp³-hybridized carbons (Fsp3) is 0.419. The first kappa shape index (κ1) is 46.8. The van der Waals surface area contributed by atoms with E-state index in [0.29, 0.717) is 29.7 Å². The van der Waals surface area contributed by atoms with Crippen LogP contribution in [-0.2, 0) is 52.8 Å². The Morgan fingerprint density at radius 3 is 2.05 bits per heavy atom. The predicted octanol–water partition coefficient (Wildman–Crippen LogP) is -0.648. The number of fused-ring (bicyclic) bond motifs is 1. The van der Waals surface area contributed by atoms with Crippen LogP contribution in [0.3, 0.4) is 0 Å². The van der Waals surface area contributed by atoms with Gasteiger partial charge in [-0.25, -0.2) is 4.98 Å². The van der Waals surface area contributed by atoms with Crippen molar-refractivity contribution in [3.8, 4) is 0 Å². The van der Waals surface area contributed by atoms with Crippen LogP contribution >= 0.6 is 0 Å². The van der Waals surface area contributed by atoms with Crippen LogP contribution in [0, 0.1) is 0 Å². The van der Waals surface area contributed by atoms with Crippen LogP contribution in [0.2, 0.25) is 0 Å². The van der Waals surface area contributed by atoms with Crippen molar-refractivity contribution in [3.63, 3.8) is 0 Å². The number of nitrogens with one attached hydrogen (secondary N) is 8. The Labute approximate surface area is 364 Å². The number of H-pyrrole nitrogens is 2. The molecule has 2 aromatic carbocycles. The number of benzene rings is 2. The number of primary amides is 1. The Bertz CT molecular complexity index is 2210. The molecular weight excluding hydrogens is 811 g/mol. The molecule has 14 N–H and O–H groups in total. The lowest BCUT2D eigenvalue weighted by Crippen LogP contribution is -2.60. The third-order valence-electron chi connectivity index (χ3n) is 10.6. The minimum Gasteiger partial charge on any atom is -0.370 e. The van der Waals surface area contributed by atoms with E-state index in [0.717, 1.165) is 10.9 Å². The highest BCUT2D eigenvalue weighted by molar-refractivity contribution is 5.97. The number of nitrogens with two attached hydrogens (primary N) is 3. The van der Waals surface area contributed by atoms with Crippen molar-refractivity contribution < 1.29 is 33.6 Å². The molecule has 3 heterocycles. The van der Waals surface area contributed by atoms with Crippen LogP contribution in [0.4, 0.5) is 0 Å². The number of nitrogens with zero attached hydrogens (tertiary/aromatic N) is 2. The minimum atomic E-state index is -1.27. The highest BCUT2D eigenvalue weighted by Gasteiger charge is 2.33. The van der Waals surface area contributed by atoms with Gasteiger partial charge in [-0.05, 0) is 55.7 Å². The summed E-state index contributed by atoms with van der Waals surface area (Å²) in [5.74, 6) is -4.56. The molecule has 4 aromatic rings. The Balaban J connectivity index is 1.49. The van der Waals surface area contributed by atoms with Crippen molar-refractivity contribution >= 4 is 58.2 Å². The van der Waals surface area contributed by atoms with E-state index in [9.17, 15) is 33.6 Å². The number of carbonyl (C=O) groups is 7. The van der Waals surface area contributed by atoms with Gasteiger partial charge in [0.1, 0.15) is 30.2 Å². The first-order valence-corrected chi connectivity index (χ1v) is 21.0. The van der Waals surface area contributed by atoms with Crippen molar-refractivity contribution in [2.45, 2.75) is 101 Å². The number of aromatic nitrogens is 3. The minimum absolute atomic E-state index is 0.000683. The summed E-state index contributed by atoms with van der Waals surface area (Å²) in [5.41, 5.74) is 19.6. The molecule has 1 aliphatic rings. The zero-order valence-corrected chi connectivity index (χ0v) is 35.0. The summed E-state index contributed by atoms with van der Waals surface area (Å²) in [6, 6.07) is 10.3. The lowest BCUT2D eigenvalue weighted by molar-refractivity contribution is -0.135. The molecule has 0 bridgehead atoms. The second-order valence-electron chi connectivity index (χ2n) is 15.4. The number of hydrogen-bond acceptors (Lipinski definition) is 9. The predicted molar refractivity (Wildman–Crippen MR) is 234 cm³/mol. The molecule has 0 unspecified atom stereocenters. The van der Waals surface area contributed by atoms with Gasteiger partial charge in [0.2, 0.25) is 41.4 Å². The Morgan fingerprint density at radius 2 is 1.33 bits per heavy atom. The van der Waals surface area contributed by atoms with E-state index in [-0.39, 0.29) is 82.7 Å². The molecule has 5 atom stereocenters. The van der Waals surface area contributed by atoms with E-state index < -0.39 is 65.7 Å². The molecular formula is C43H57N13O7. The first-order chi connectivity index (χ1) is 30.4. The molecule has 0 aliphatic carbocycles. The Morgan fingerprint density at radius 1 is 0.683 bits per heavy atom. The Kier molecular flexibility index (Phi) is 17.6. The van der Waals surface area contributed by atoms with E-state index in [1.54, 1.807) is 36.5 Å². The second-order valence-corrected chi connectivity index (χ2v) is 15.4. The number of aliphatic imine (C=N–C) groups is 1. The SMILES string of the molecule is NC(=O)[C@@H]1CCCCNC(=O)CCCC(=O)N[C@@H](Cc2cnc[nH]2)C(=O)N[C@H](Cc2ccccc2)C(=O)N[C@@H](CCCN=C(N)N)C(=O)N[C@@H](Cc2c[nH]c3ccccc23)C(=O)N1. The summed E-state index contributed by atoms with van der Waals surface area (Å²) in [4.78, 5) is 110. The summed E-state index contributed by atoms with van der Waals surface area (Å²) >= 11 is 0. The van der Waals surface area contributed by atoms with E-state index in [4.69, 9.17) is 17.2 Å². The second kappa shape index (κ2) is 23.7. The standard InChI is InChI=1S/C43H57N13O7/c44-38(59)31-14-6-7-18-48-36(57)16-8-17-37(58)52-35(22-28-24-47-25-51-28)42(63)55-33(20-26-10-2-1-3-11-26)40(61)54-32(15-9-19-49-43(45)46)39(60)56-34(41(62)53-31)21-27-23-50-30-13-5-4-12-29(27)30/h1-5,10-13,23-25,31-35,50H,6-9,14-22H2,(H2,44,59)(H,47,51)(H,48,57)(H,52,58)(H,53,62)(H,54,61)(H,55,63)(H,56,60)(H4,45,46,49)/t31-,32-,33+,34-,35-/m0/s1. The average molecular weight is 868 g/mol. The molecule has 1 saturated heterocycles. The zero-order valence-electron chi connectivity index (χ0n) is 35.0. The van der Waals surface area contributed by atoms with Gasteiger partial charge in [-0.2, -0.15) is 0 Å². The normalized spacial score (nSPS) is 21.7. The maximum Gasteiger partial charge on any atom is 0.243 e. The molecule has 63 heavy (non-hydrogen) atoms. The molecule has 1 fully saturated rings. The van der Waals surface area contributed by atoms with E-state index in [2.05, 4.69) is 51.8 Å². The number of hydrogen-bond donors (Lipinski definition) is 11. The van der Waals surface area contributed by atoms with E-state index in [1.807, 2.05) is 24.3 Å². The number of carbonyl (C=O) groups excluding carboxylic acids is 7. The quantitative estimate of drug-likeness (QED) is 0.0514. The van der Waals surface area contributed by atoms with Gasteiger partial charge in [-0.3, -0.25) is 38.6 Å². The summed E-state index contributed by atoms with van der Waals surface area (Å²) < 4.78 is 0. The van der Waals surface area contributed by atoms with Crippen molar-refractivity contribution in [1.29, 1.82) is 0 Å². The summed E-state index contributed by atoms with van der Waals surface area (Å²) in [7, 11) is 0. The highest BCUT2D eigenvalue weighted by Crippen LogP contribution is 2.20. The molecule has 20 nitrogen and oxygen atoms in total. The Hall–Kier alpha value is -7.25.